The van der Waals surface area contributed by atoms with Crippen LogP contribution >= 0.6 is 0 Å². The lowest BCUT2D eigenvalue weighted by molar-refractivity contribution is -0.141. The van der Waals surface area contributed by atoms with Gasteiger partial charge < -0.3 is 5.32 Å². The van der Waals surface area contributed by atoms with Gasteiger partial charge in [0.05, 0.1) is 6.54 Å². The lowest BCUT2D eigenvalue weighted by Crippen LogP contribution is -2.25. The van der Waals surface area contributed by atoms with Crippen molar-refractivity contribution in [3.05, 3.63) is 59.9 Å². The van der Waals surface area contributed by atoms with Gasteiger partial charge in [0.15, 0.2) is 5.69 Å². The Labute approximate surface area is 125 Å². The van der Waals surface area contributed by atoms with Gasteiger partial charge in [-0.05, 0) is 17.7 Å². The van der Waals surface area contributed by atoms with Crippen LogP contribution in [-0.4, -0.2) is 22.2 Å². The summed E-state index contributed by atoms with van der Waals surface area (Å²) in [6.45, 7) is 0.359. The molecule has 0 spiro atoms. The Morgan fingerprint density at radius 2 is 1.95 bits per heavy atom. The number of rotatable bonds is 5. The summed E-state index contributed by atoms with van der Waals surface area (Å²) in [5, 5.41) is 5.98. The number of hydrogen-bond donors (Lipinski definition) is 1. The van der Waals surface area contributed by atoms with Crippen LogP contribution in [0.1, 0.15) is 11.3 Å². The van der Waals surface area contributed by atoms with E-state index in [9.17, 15) is 18.0 Å². The van der Waals surface area contributed by atoms with E-state index >= 15 is 0 Å². The first kappa shape index (κ1) is 15.8. The Hall–Kier alpha value is -2.57. The highest BCUT2D eigenvalue weighted by atomic mass is 19.4. The molecule has 2 rings (SSSR count). The Balaban J connectivity index is 1.78. The molecule has 0 aliphatic carbocycles. The molecule has 0 saturated carbocycles. The van der Waals surface area contributed by atoms with Crippen molar-refractivity contribution in [2.75, 3.05) is 6.54 Å². The number of hydrogen-bond acceptors (Lipinski definition) is 2. The molecule has 1 amide bonds. The zero-order valence-corrected chi connectivity index (χ0v) is 11.5. The van der Waals surface area contributed by atoms with Gasteiger partial charge in [-0.2, -0.15) is 18.3 Å². The van der Waals surface area contributed by atoms with Crippen LogP contribution in [0.4, 0.5) is 13.2 Å². The maximum Gasteiger partial charge on any atom is 0.435 e. The molecule has 0 bridgehead atoms. The summed E-state index contributed by atoms with van der Waals surface area (Å²) in [4.78, 5) is 11.6. The van der Waals surface area contributed by atoms with Gasteiger partial charge in [-0.1, -0.05) is 30.3 Å². The molecule has 0 saturated heterocycles. The summed E-state index contributed by atoms with van der Waals surface area (Å²) in [5.74, 6) is -0.313. The van der Waals surface area contributed by atoms with E-state index in [1.165, 1.54) is 12.3 Å². The van der Waals surface area contributed by atoms with Gasteiger partial charge in [-0.15, -0.1) is 0 Å². The van der Waals surface area contributed by atoms with Gasteiger partial charge in [-0.25, -0.2) is 0 Å². The number of carbonyl (C=O) groups is 1. The first-order chi connectivity index (χ1) is 10.4. The zero-order valence-electron chi connectivity index (χ0n) is 11.5. The number of alkyl halides is 3. The van der Waals surface area contributed by atoms with Crippen LogP contribution < -0.4 is 5.32 Å². The maximum atomic E-state index is 12.4. The number of benzene rings is 1. The molecule has 2 aromatic rings. The normalized spacial score (nSPS) is 11.8. The van der Waals surface area contributed by atoms with E-state index in [0.717, 1.165) is 16.3 Å². The third-order valence-electron chi connectivity index (χ3n) is 2.80. The van der Waals surface area contributed by atoms with Gasteiger partial charge in [0.1, 0.15) is 0 Å². The molecule has 1 heterocycles. The van der Waals surface area contributed by atoms with E-state index in [4.69, 9.17) is 0 Å². The second-order valence-electron chi connectivity index (χ2n) is 4.50. The van der Waals surface area contributed by atoms with Crippen molar-refractivity contribution in [1.82, 2.24) is 15.1 Å². The van der Waals surface area contributed by atoms with Crippen LogP contribution in [0.15, 0.2) is 48.7 Å². The molecular weight excluding hydrogens is 295 g/mol. The monoisotopic (exact) mass is 309 g/mol. The lowest BCUT2D eigenvalue weighted by atomic mass is 10.2. The van der Waals surface area contributed by atoms with E-state index in [-0.39, 0.29) is 19.0 Å². The average Bonchev–Trinajstić information content (AvgIpc) is 2.95. The molecule has 1 N–H and O–H groups in total. The first-order valence-corrected chi connectivity index (χ1v) is 6.57. The van der Waals surface area contributed by atoms with Gasteiger partial charge >= 0.3 is 6.18 Å². The quantitative estimate of drug-likeness (QED) is 0.863. The van der Waals surface area contributed by atoms with Crippen molar-refractivity contribution >= 4 is 12.0 Å². The molecule has 0 aliphatic heterocycles. The standard InChI is InChI=1S/C15H14F3N3O/c16-15(17,18)13-8-10-21(20-13)11-9-19-14(22)7-6-12-4-2-1-3-5-12/h1-8,10H,9,11H2,(H,19,22). The van der Waals surface area contributed by atoms with E-state index in [1.807, 2.05) is 30.3 Å². The molecule has 0 atom stereocenters. The van der Waals surface area contributed by atoms with Crippen LogP contribution in [0.3, 0.4) is 0 Å². The average molecular weight is 309 g/mol. The van der Waals surface area contributed by atoms with Crippen molar-refractivity contribution in [2.45, 2.75) is 12.7 Å². The molecule has 116 valence electrons. The summed E-state index contributed by atoms with van der Waals surface area (Å²) in [7, 11) is 0. The molecule has 0 unspecified atom stereocenters. The molecule has 22 heavy (non-hydrogen) atoms. The summed E-state index contributed by atoms with van der Waals surface area (Å²) < 4.78 is 38.2. The van der Waals surface area contributed by atoms with Crippen molar-refractivity contribution < 1.29 is 18.0 Å². The Bertz CT molecular complexity index is 648. The molecule has 4 nitrogen and oxygen atoms in total. The van der Waals surface area contributed by atoms with Gasteiger partial charge in [0, 0.05) is 18.8 Å². The van der Waals surface area contributed by atoms with Crippen LogP contribution in [0.5, 0.6) is 0 Å². The highest BCUT2D eigenvalue weighted by molar-refractivity contribution is 5.91. The molecule has 0 radical (unpaired) electrons. The van der Waals surface area contributed by atoms with Gasteiger partial charge in [-0.3, -0.25) is 9.48 Å². The Morgan fingerprint density at radius 3 is 2.59 bits per heavy atom. The van der Waals surface area contributed by atoms with Crippen LogP contribution in [0.25, 0.3) is 6.08 Å². The lowest BCUT2D eigenvalue weighted by Gasteiger charge is -2.04. The van der Waals surface area contributed by atoms with Crippen molar-refractivity contribution in [1.29, 1.82) is 0 Å². The van der Waals surface area contributed by atoms with E-state index in [1.54, 1.807) is 6.08 Å². The number of nitrogens with zero attached hydrogens (tertiary/aromatic N) is 2. The van der Waals surface area contributed by atoms with E-state index in [0.29, 0.717) is 0 Å². The van der Waals surface area contributed by atoms with E-state index in [2.05, 4.69) is 10.4 Å². The number of nitrogens with one attached hydrogen (secondary N) is 1. The Kier molecular flexibility index (Phi) is 4.98. The number of aromatic nitrogens is 2. The smallest absolute Gasteiger partial charge is 0.351 e. The van der Waals surface area contributed by atoms with Crippen LogP contribution in [0.2, 0.25) is 0 Å². The number of amides is 1. The minimum absolute atomic E-state index is 0.168. The van der Waals surface area contributed by atoms with Crippen molar-refractivity contribution in [2.24, 2.45) is 0 Å². The number of halogens is 3. The third-order valence-corrected chi connectivity index (χ3v) is 2.80. The summed E-state index contributed by atoms with van der Waals surface area (Å²) in [6, 6.07) is 10.2. The molecular formula is C15H14F3N3O. The minimum atomic E-state index is -4.45. The largest absolute Gasteiger partial charge is 0.435 e. The Morgan fingerprint density at radius 1 is 1.23 bits per heavy atom. The topological polar surface area (TPSA) is 46.9 Å². The summed E-state index contributed by atoms with van der Waals surface area (Å²) >= 11 is 0. The molecule has 0 fully saturated rings. The fourth-order valence-corrected chi connectivity index (χ4v) is 1.73. The number of carbonyl (C=O) groups excluding carboxylic acids is 1. The predicted octanol–water partition coefficient (Wildman–Crippen LogP) is 2.73. The molecule has 7 heteroatoms. The molecule has 1 aromatic carbocycles. The maximum absolute atomic E-state index is 12.4. The third kappa shape index (κ3) is 4.76. The zero-order chi connectivity index (χ0) is 16.0. The summed E-state index contributed by atoms with van der Waals surface area (Å²) in [5.41, 5.74) is -0.0534. The first-order valence-electron chi connectivity index (χ1n) is 6.57. The highest BCUT2D eigenvalue weighted by Crippen LogP contribution is 2.27. The van der Waals surface area contributed by atoms with Crippen LogP contribution in [0, 0.1) is 0 Å². The van der Waals surface area contributed by atoms with Crippen molar-refractivity contribution in [3.63, 3.8) is 0 Å². The molecule has 0 aliphatic rings. The predicted molar refractivity (Wildman–Crippen MR) is 75.7 cm³/mol. The minimum Gasteiger partial charge on any atom is -0.351 e. The second-order valence-corrected chi connectivity index (χ2v) is 4.50. The fraction of sp³-hybridized carbons (Fsp3) is 0.200. The summed E-state index contributed by atoms with van der Waals surface area (Å²) in [6.07, 6.45) is -0.188. The second kappa shape index (κ2) is 6.93. The molecule has 1 aromatic heterocycles. The van der Waals surface area contributed by atoms with E-state index < -0.39 is 11.9 Å². The SMILES string of the molecule is O=C(C=Cc1ccccc1)NCCn1ccc(C(F)(F)F)n1. The van der Waals surface area contributed by atoms with Gasteiger partial charge in [0.2, 0.25) is 5.91 Å². The van der Waals surface area contributed by atoms with Gasteiger partial charge in [0.25, 0.3) is 0 Å². The highest BCUT2D eigenvalue weighted by Gasteiger charge is 2.33. The fourth-order valence-electron chi connectivity index (χ4n) is 1.73. The van der Waals surface area contributed by atoms with Crippen molar-refractivity contribution in [3.8, 4) is 0 Å². The van der Waals surface area contributed by atoms with Crippen LogP contribution in [-0.2, 0) is 17.5 Å².